The van der Waals surface area contributed by atoms with Gasteiger partial charge in [-0.25, -0.2) is 9.97 Å². The van der Waals surface area contributed by atoms with Gasteiger partial charge in [-0.1, -0.05) is 25.4 Å². The Bertz CT molecular complexity index is 269. The highest BCUT2D eigenvalue weighted by molar-refractivity contribution is 6.30. The normalized spacial score (nSPS) is 15.1. The molecule has 2 atom stereocenters. The molecule has 1 heterocycles. The highest BCUT2D eigenvalue weighted by Crippen LogP contribution is 2.17. The third kappa shape index (κ3) is 2.66. The smallest absolute Gasteiger partial charge is 0.132 e. The first-order valence-electron chi connectivity index (χ1n) is 4.83. The lowest BCUT2D eigenvalue weighted by Gasteiger charge is -2.20. The zero-order chi connectivity index (χ0) is 10.6. The fourth-order valence-electron chi connectivity index (χ4n) is 1.55. The molecule has 0 spiro atoms. The van der Waals surface area contributed by atoms with Gasteiger partial charge < -0.3 is 5.32 Å². The van der Waals surface area contributed by atoms with Crippen molar-refractivity contribution in [2.24, 2.45) is 0 Å². The van der Waals surface area contributed by atoms with Crippen molar-refractivity contribution in [3.05, 3.63) is 23.2 Å². The van der Waals surface area contributed by atoms with E-state index in [1.807, 2.05) is 7.05 Å². The lowest BCUT2D eigenvalue weighted by Crippen LogP contribution is -2.30. The van der Waals surface area contributed by atoms with Crippen LogP contribution >= 0.6 is 11.6 Å². The second-order valence-corrected chi connectivity index (χ2v) is 3.79. The van der Waals surface area contributed by atoms with E-state index in [1.165, 1.54) is 0 Å². The quantitative estimate of drug-likeness (QED) is 0.834. The van der Waals surface area contributed by atoms with Crippen LogP contribution in [0.15, 0.2) is 12.4 Å². The van der Waals surface area contributed by atoms with Crippen molar-refractivity contribution in [3.63, 3.8) is 0 Å². The van der Waals surface area contributed by atoms with Crippen LogP contribution in [0.4, 0.5) is 0 Å². The van der Waals surface area contributed by atoms with Crippen LogP contribution in [-0.4, -0.2) is 23.1 Å². The first kappa shape index (κ1) is 11.4. The summed E-state index contributed by atoms with van der Waals surface area (Å²) in [6.07, 6.45) is 4.34. The third-order valence-electron chi connectivity index (χ3n) is 2.46. The molecule has 1 N–H and O–H groups in total. The maximum atomic E-state index is 5.72. The number of aromatic nitrogens is 2. The van der Waals surface area contributed by atoms with Crippen LogP contribution in [0.2, 0.25) is 5.02 Å². The summed E-state index contributed by atoms with van der Waals surface area (Å²) in [4.78, 5) is 8.42. The Morgan fingerprint density at radius 3 is 2.43 bits per heavy atom. The Morgan fingerprint density at radius 1 is 1.43 bits per heavy atom. The molecule has 1 aromatic heterocycles. The van der Waals surface area contributed by atoms with E-state index in [-0.39, 0.29) is 0 Å². The van der Waals surface area contributed by atoms with Gasteiger partial charge in [0.1, 0.15) is 5.82 Å². The molecule has 14 heavy (non-hydrogen) atoms. The second kappa shape index (κ2) is 5.27. The molecule has 4 heteroatoms. The van der Waals surface area contributed by atoms with Crippen molar-refractivity contribution in [2.75, 3.05) is 7.05 Å². The second-order valence-electron chi connectivity index (χ2n) is 3.35. The van der Waals surface area contributed by atoms with Gasteiger partial charge in [0.2, 0.25) is 0 Å². The number of nitrogens with zero attached hydrogens (tertiary/aromatic N) is 2. The van der Waals surface area contributed by atoms with Gasteiger partial charge in [-0.15, -0.1) is 0 Å². The van der Waals surface area contributed by atoms with E-state index in [0.29, 0.717) is 17.0 Å². The van der Waals surface area contributed by atoms with Gasteiger partial charge in [-0.3, -0.25) is 0 Å². The fraction of sp³-hybridized carbons (Fsp3) is 0.600. The molecule has 1 rings (SSSR count). The van der Waals surface area contributed by atoms with Gasteiger partial charge in [0.25, 0.3) is 0 Å². The molecule has 0 radical (unpaired) electrons. The minimum atomic E-state index is 0.308. The minimum Gasteiger partial charge on any atom is -0.316 e. The molecule has 0 amide bonds. The Hall–Kier alpha value is -0.670. The molecule has 78 valence electrons. The lowest BCUT2D eigenvalue weighted by molar-refractivity contribution is 0.457. The van der Waals surface area contributed by atoms with Crippen LogP contribution < -0.4 is 5.32 Å². The lowest BCUT2D eigenvalue weighted by atomic mass is 9.99. The van der Waals surface area contributed by atoms with Gasteiger partial charge in [-0.2, -0.15) is 0 Å². The van der Waals surface area contributed by atoms with Crippen molar-refractivity contribution in [3.8, 4) is 0 Å². The molecule has 0 aromatic carbocycles. The van der Waals surface area contributed by atoms with Crippen molar-refractivity contribution in [2.45, 2.75) is 32.2 Å². The van der Waals surface area contributed by atoms with Gasteiger partial charge >= 0.3 is 0 Å². The standard InChI is InChI=1S/C10H16ClN3/c1-4-9(12-3)7(2)10-13-5-8(11)6-14-10/h5-7,9,12H,4H2,1-3H3. The van der Waals surface area contributed by atoms with Crippen LogP contribution in [-0.2, 0) is 0 Å². The highest BCUT2D eigenvalue weighted by atomic mass is 35.5. The predicted octanol–water partition coefficient (Wildman–Crippen LogP) is 2.23. The monoisotopic (exact) mass is 213 g/mol. The minimum absolute atomic E-state index is 0.308. The van der Waals surface area contributed by atoms with Gasteiger partial charge in [0.05, 0.1) is 5.02 Å². The number of halogens is 1. The molecule has 0 bridgehead atoms. The topological polar surface area (TPSA) is 37.8 Å². The average Bonchev–Trinajstić information content (AvgIpc) is 2.20. The van der Waals surface area contributed by atoms with Gasteiger partial charge in [0, 0.05) is 24.4 Å². The summed E-state index contributed by atoms with van der Waals surface area (Å²) in [5.74, 6) is 1.15. The molecule has 0 saturated carbocycles. The Kier molecular flexibility index (Phi) is 4.29. The van der Waals surface area contributed by atoms with Crippen molar-refractivity contribution in [1.82, 2.24) is 15.3 Å². The van der Waals surface area contributed by atoms with Gasteiger partial charge in [-0.05, 0) is 13.5 Å². The molecule has 0 aliphatic carbocycles. The highest BCUT2D eigenvalue weighted by Gasteiger charge is 2.17. The van der Waals surface area contributed by atoms with E-state index >= 15 is 0 Å². The van der Waals surface area contributed by atoms with Crippen LogP contribution in [0, 0.1) is 0 Å². The summed E-state index contributed by atoms with van der Waals surface area (Å²) < 4.78 is 0. The first-order chi connectivity index (χ1) is 6.69. The SMILES string of the molecule is CCC(NC)C(C)c1ncc(Cl)cn1. The van der Waals surface area contributed by atoms with Gasteiger partial charge in [0.15, 0.2) is 0 Å². The number of likely N-dealkylation sites (N-methyl/N-ethyl adjacent to an activating group) is 1. The number of hydrogen-bond acceptors (Lipinski definition) is 3. The van der Waals surface area contributed by atoms with E-state index < -0.39 is 0 Å². The Balaban J connectivity index is 2.77. The van der Waals surface area contributed by atoms with Crippen molar-refractivity contribution in [1.29, 1.82) is 0 Å². The molecular formula is C10H16ClN3. The average molecular weight is 214 g/mol. The van der Waals surface area contributed by atoms with Crippen LogP contribution in [0.5, 0.6) is 0 Å². The molecule has 3 nitrogen and oxygen atoms in total. The molecule has 2 unspecified atom stereocenters. The van der Waals surface area contributed by atoms with Crippen LogP contribution in [0.1, 0.15) is 32.0 Å². The first-order valence-corrected chi connectivity index (χ1v) is 5.21. The molecule has 0 saturated heterocycles. The number of hydrogen-bond donors (Lipinski definition) is 1. The molecular weight excluding hydrogens is 198 g/mol. The summed E-state index contributed by atoms with van der Waals surface area (Å²) >= 11 is 5.72. The summed E-state index contributed by atoms with van der Waals surface area (Å²) in [6.45, 7) is 4.27. The molecule has 0 fully saturated rings. The zero-order valence-electron chi connectivity index (χ0n) is 8.79. The largest absolute Gasteiger partial charge is 0.316 e. The zero-order valence-corrected chi connectivity index (χ0v) is 9.54. The third-order valence-corrected chi connectivity index (χ3v) is 2.66. The molecule has 0 aliphatic heterocycles. The number of nitrogens with one attached hydrogen (secondary N) is 1. The summed E-state index contributed by atoms with van der Waals surface area (Å²) in [6, 6.07) is 0.413. The summed E-state index contributed by atoms with van der Waals surface area (Å²) in [5, 5.41) is 3.83. The summed E-state index contributed by atoms with van der Waals surface area (Å²) in [7, 11) is 1.96. The van der Waals surface area contributed by atoms with E-state index in [1.54, 1.807) is 12.4 Å². The fourth-order valence-corrected chi connectivity index (χ4v) is 1.64. The molecule has 0 aliphatic rings. The maximum Gasteiger partial charge on any atom is 0.132 e. The van der Waals surface area contributed by atoms with E-state index in [0.717, 1.165) is 12.2 Å². The maximum absolute atomic E-state index is 5.72. The molecule has 1 aromatic rings. The number of rotatable bonds is 4. The van der Waals surface area contributed by atoms with Crippen LogP contribution in [0.3, 0.4) is 0 Å². The van der Waals surface area contributed by atoms with Crippen molar-refractivity contribution < 1.29 is 0 Å². The van der Waals surface area contributed by atoms with E-state index in [2.05, 4.69) is 29.1 Å². The predicted molar refractivity (Wildman–Crippen MR) is 58.6 cm³/mol. The Labute approximate surface area is 89.9 Å². The van der Waals surface area contributed by atoms with E-state index in [4.69, 9.17) is 11.6 Å². The Morgan fingerprint density at radius 2 is 2.00 bits per heavy atom. The summed E-state index contributed by atoms with van der Waals surface area (Å²) in [5.41, 5.74) is 0. The van der Waals surface area contributed by atoms with Crippen molar-refractivity contribution >= 4 is 11.6 Å². The van der Waals surface area contributed by atoms with Crippen LogP contribution in [0.25, 0.3) is 0 Å². The van der Waals surface area contributed by atoms with E-state index in [9.17, 15) is 0 Å².